The van der Waals surface area contributed by atoms with Crippen molar-refractivity contribution in [3.8, 4) is 0 Å². The van der Waals surface area contributed by atoms with E-state index in [1.54, 1.807) is 12.1 Å². The van der Waals surface area contributed by atoms with E-state index in [0.29, 0.717) is 11.8 Å². The highest BCUT2D eigenvalue weighted by molar-refractivity contribution is 5.83. The summed E-state index contributed by atoms with van der Waals surface area (Å²) in [6.45, 7) is 2.90. The number of benzene rings is 1. The molecule has 1 aliphatic heterocycles. The molecule has 4 atom stereocenters. The van der Waals surface area contributed by atoms with Crippen molar-refractivity contribution < 1.29 is 9.18 Å². The van der Waals surface area contributed by atoms with E-state index in [0.717, 1.165) is 18.5 Å². The van der Waals surface area contributed by atoms with E-state index in [2.05, 4.69) is 10.6 Å². The summed E-state index contributed by atoms with van der Waals surface area (Å²) in [5.74, 6) is 0.997. The second kappa shape index (κ2) is 5.52. The second-order valence-electron chi connectivity index (χ2n) is 6.02. The average Bonchev–Trinajstić information content (AvgIpc) is 3.01. The van der Waals surface area contributed by atoms with Gasteiger partial charge in [0.15, 0.2) is 0 Å². The SMILES string of the molecule is C[C@@H](NC(=O)C1NCC2CCCC21)c1ccc(F)cc1. The van der Waals surface area contributed by atoms with Gasteiger partial charge < -0.3 is 10.6 Å². The predicted molar refractivity (Wildman–Crippen MR) is 75.6 cm³/mol. The van der Waals surface area contributed by atoms with E-state index in [4.69, 9.17) is 0 Å². The Morgan fingerprint density at radius 3 is 2.85 bits per heavy atom. The van der Waals surface area contributed by atoms with E-state index in [9.17, 15) is 9.18 Å². The van der Waals surface area contributed by atoms with E-state index in [1.165, 1.54) is 25.0 Å². The van der Waals surface area contributed by atoms with Gasteiger partial charge in [0.1, 0.15) is 5.82 Å². The van der Waals surface area contributed by atoms with Crippen LogP contribution in [0.4, 0.5) is 4.39 Å². The lowest BCUT2D eigenvalue weighted by Crippen LogP contribution is -2.44. The van der Waals surface area contributed by atoms with Crippen LogP contribution in [0.3, 0.4) is 0 Å². The largest absolute Gasteiger partial charge is 0.348 e. The van der Waals surface area contributed by atoms with Gasteiger partial charge >= 0.3 is 0 Å². The molecule has 1 saturated carbocycles. The monoisotopic (exact) mass is 276 g/mol. The number of hydrogen-bond donors (Lipinski definition) is 2. The summed E-state index contributed by atoms with van der Waals surface area (Å²) in [5, 5.41) is 6.40. The lowest BCUT2D eigenvalue weighted by molar-refractivity contribution is -0.124. The minimum atomic E-state index is -0.251. The highest BCUT2D eigenvalue weighted by Gasteiger charge is 2.42. The normalized spacial score (nSPS) is 30.0. The van der Waals surface area contributed by atoms with Crippen LogP contribution in [-0.2, 0) is 4.79 Å². The number of carbonyl (C=O) groups is 1. The van der Waals surface area contributed by atoms with Crippen LogP contribution in [0.25, 0.3) is 0 Å². The summed E-state index contributed by atoms with van der Waals surface area (Å²) in [5.41, 5.74) is 0.931. The van der Waals surface area contributed by atoms with Crippen molar-refractivity contribution in [2.75, 3.05) is 6.54 Å². The van der Waals surface area contributed by atoms with E-state index < -0.39 is 0 Å². The second-order valence-corrected chi connectivity index (χ2v) is 6.02. The molecule has 0 spiro atoms. The fraction of sp³-hybridized carbons (Fsp3) is 0.562. The molecule has 20 heavy (non-hydrogen) atoms. The van der Waals surface area contributed by atoms with Crippen LogP contribution < -0.4 is 10.6 Å². The van der Waals surface area contributed by atoms with Crippen LogP contribution in [0.15, 0.2) is 24.3 Å². The Bertz CT molecular complexity index is 488. The van der Waals surface area contributed by atoms with E-state index in [-0.39, 0.29) is 23.8 Å². The first-order valence-electron chi connectivity index (χ1n) is 7.44. The molecule has 4 heteroatoms. The zero-order valence-corrected chi connectivity index (χ0v) is 11.7. The maximum absolute atomic E-state index is 12.9. The van der Waals surface area contributed by atoms with Crippen molar-refractivity contribution in [1.29, 1.82) is 0 Å². The molecule has 3 rings (SSSR count). The van der Waals surface area contributed by atoms with Crippen molar-refractivity contribution in [3.63, 3.8) is 0 Å². The Labute approximate surface area is 118 Å². The van der Waals surface area contributed by atoms with Crippen LogP contribution in [-0.4, -0.2) is 18.5 Å². The van der Waals surface area contributed by atoms with Crippen LogP contribution in [0, 0.1) is 17.7 Å². The topological polar surface area (TPSA) is 41.1 Å². The molecule has 2 N–H and O–H groups in total. The van der Waals surface area contributed by atoms with E-state index in [1.807, 2.05) is 6.92 Å². The summed E-state index contributed by atoms with van der Waals surface area (Å²) in [4.78, 5) is 12.4. The Hall–Kier alpha value is -1.42. The van der Waals surface area contributed by atoms with Gasteiger partial charge in [-0.1, -0.05) is 18.6 Å². The van der Waals surface area contributed by atoms with Gasteiger partial charge in [0.25, 0.3) is 0 Å². The molecule has 0 aromatic heterocycles. The molecule has 2 aliphatic rings. The highest BCUT2D eigenvalue weighted by atomic mass is 19.1. The molecule has 108 valence electrons. The molecule has 1 aromatic rings. The van der Waals surface area contributed by atoms with Crippen molar-refractivity contribution in [2.24, 2.45) is 11.8 Å². The van der Waals surface area contributed by atoms with Crippen molar-refractivity contribution in [2.45, 2.75) is 38.3 Å². The average molecular weight is 276 g/mol. The quantitative estimate of drug-likeness (QED) is 0.890. The van der Waals surface area contributed by atoms with Gasteiger partial charge in [0, 0.05) is 0 Å². The zero-order valence-electron chi connectivity index (χ0n) is 11.7. The first-order valence-corrected chi connectivity index (χ1v) is 7.44. The Morgan fingerprint density at radius 2 is 2.10 bits per heavy atom. The molecule has 1 amide bonds. The number of fused-ring (bicyclic) bond motifs is 1. The zero-order chi connectivity index (χ0) is 14.1. The summed E-state index contributed by atoms with van der Waals surface area (Å²) in [7, 11) is 0. The van der Waals surface area contributed by atoms with Crippen LogP contribution in [0.5, 0.6) is 0 Å². The van der Waals surface area contributed by atoms with Gasteiger partial charge in [-0.2, -0.15) is 0 Å². The minimum absolute atomic E-state index is 0.0506. The third kappa shape index (κ3) is 2.57. The molecule has 2 fully saturated rings. The lowest BCUT2D eigenvalue weighted by atomic mass is 9.93. The molecule has 1 heterocycles. The summed E-state index contributed by atoms with van der Waals surface area (Å²) in [6, 6.07) is 6.16. The Balaban J connectivity index is 1.62. The van der Waals surface area contributed by atoms with Gasteiger partial charge in [0.05, 0.1) is 12.1 Å². The van der Waals surface area contributed by atoms with Crippen molar-refractivity contribution in [1.82, 2.24) is 10.6 Å². The molecule has 0 bridgehead atoms. The number of hydrogen-bond acceptors (Lipinski definition) is 2. The number of amides is 1. The summed E-state index contributed by atoms with van der Waals surface area (Å²) in [6.07, 6.45) is 3.64. The first kappa shape index (κ1) is 13.6. The van der Waals surface area contributed by atoms with Crippen molar-refractivity contribution in [3.05, 3.63) is 35.6 Å². The summed E-state index contributed by atoms with van der Waals surface area (Å²) >= 11 is 0. The molecule has 1 aromatic carbocycles. The van der Waals surface area contributed by atoms with Gasteiger partial charge in [-0.05, 0) is 55.8 Å². The van der Waals surface area contributed by atoms with E-state index >= 15 is 0 Å². The molecular formula is C16H21FN2O. The molecule has 3 unspecified atom stereocenters. The van der Waals surface area contributed by atoms with Crippen LogP contribution >= 0.6 is 0 Å². The number of carbonyl (C=O) groups excluding carboxylic acids is 1. The Kier molecular flexibility index (Phi) is 3.74. The van der Waals surface area contributed by atoms with Gasteiger partial charge in [0.2, 0.25) is 5.91 Å². The van der Waals surface area contributed by atoms with Gasteiger partial charge in [-0.25, -0.2) is 4.39 Å². The van der Waals surface area contributed by atoms with Crippen LogP contribution in [0.1, 0.15) is 37.8 Å². The Morgan fingerprint density at radius 1 is 1.35 bits per heavy atom. The maximum atomic E-state index is 12.9. The highest BCUT2D eigenvalue weighted by Crippen LogP contribution is 2.37. The van der Waals surface area contributed by atoms with Gasteiger partial charge in [-0.3, -0.25) is 4.79 Å². The van der Waals surface area contributed by atoms with Gasteiger partial charge in [-0.15, -0.1) is 0 Å². The number of rotatable bonds is 3. The molecule has 3 nitrogen and oxygen atoms in total. The smallest absolute Gasteiger partial charge is 0.237 e. The number of nitrogens with one attached hydrogen (secondary N) is 2. The number of halogens is 1. The maximum Gasteiger partial charge on any atom is 0.237 e. The predicted octanol–water partition coefficient (Wildman–Crippen LogP) is 2.39. The molecule has 1 saturated heterocycles. The van der Waals surface area contributed by atoms with Crippen LogP contribution in [0.2, 0.25) is 0 Å². The minimum Gasteiger partial charge on any atom is -0.348 e. The first-order chi connectivity index (χ1) is 9.65. The molecule has 1 aliphatic carbocycles. The third-order valence-electron chi connectivity index (χ3n) is 4.76. The third-order valence-corrected chi connectivity index (χ3v) is 4.76. The fourth-order valence-corrected chi connectivity index (χ4v) is 3.61. The lowest BCUT2D eigenvalue weighted by Gasteiger charge is -2.21. The van der Waals surface area contributed by atoms with Crippen molar-refractivity contribution >= 4 is 5.91 Å². The summed E-state index contributed by atoms with van der Waals surface area (Å²) < 4.78 is 12.9. The molecular weight excluding hydrogens is 255 g/mol. The molecule has 0 radical (unpaired) electrons. The fourth-order valence-electron chi connectivity index (χ4n) is 3.61. The standard InChI is InChI=1S/C16H21FN2O/c1-10(11-5-7-13(17)8-6-11)19-16(20)15-14-4-2-3-12(14)9-18-15/h5-8,10,12,14-15,18H,2-4,9H2,1H3,(H,19,20)/t10-,12?,14?,15?/m1/s1.